The number of carbonyl (C=O) groups is 2. The number of hydrogen-bond donors (Lipinski definition) is 5. The minimum absolute atomic E-state index is 0.250. The van der Waals surface area contributed by atoms with E-state index in [0.29, 0.717) is 0 Å². The highest BCUT2D eigenvalue weighted by molar-refractivity contribution is 7.77. The Hall–Kier alpha value is -1.09. The monoisotopic (exact) mass is 836 g/mol. The van der Waals surface area contributed by atoms with Gasteiger partial charge in [0, 0.05) is 0 Å². The fourth-order valence-electron chi connectivity index (χ4n) is 6.89. The van der Waals surface area contributed by atoms with Crippen LogP contribution in [-0.2, 0) is 9.59 Å². The van der Waals surface area contributed by atoms with Crippen molar-refractivity contribution in [3.63, 3.8) is 0 Å². The van der Waals surface area contributed by atoms with E-state index in [9.17, 15) is 0 Å². The van der Waals surface area contributed by atoms with Crippen molar-refractivity contribution in [2.24, 2.45) is 17.6 Å². The first-order chi connectivity index (χ1) is 28.0. The van der Waals surface area contributed by atoms with E-state index in [1.165, 1.54) is 232 Å². The van der Waals surface area contributed by atoms with Crippen LogP contribution < -0.4 is 16.4 Å². The molecular formula is C49H109N3O4S. The quantitative estimate of drug-likeness (QED) is 0.0238. The van der Waals surface area contributed by atoms with E-state index in [0.717, 1.165) is 11.8 Å². The molecule has 1 unspecified atom stereocenters. The molecule has 1 atom stereocenters. The summed E-state index contributed by atoms with van der Waals surface area (Å²) in [6.07, 6.45) is 48.0. The van der Waals surface area contributed by atoms with Crippen LogP contribution >= 0.6 is 12.2 Å². The highest BCUT2D eigenvalue weighted by atomic mass is 32.1. The Bertz CT molecular complexity index is 583. The predicted molar refractivity (Wildman–Crippen MR) is 263 cm³/mol. The molecule has 8 heteroatoms. The molecule has 0 rings (SSSR count). The van der Waals surface area contributed by atoms with Gasteiger partial charge in [0.05, 0.1) is 0 Å². The first-order valence-electron chi connectivity index (χ1n) is 24.3. The summed E-state index contributed by atoms with van der Waals surface area (Å²) in [4.78, 5) is 16.7. The van der Waals surface area contributed by atoms with Crippen LogP contribution in [0.3, 0.4) is 0 Å². The van der Waals surface area contributed by atoms with Crippen LogP contribution in [0.25, 0.3) is 0 Å². The highest BCUT2D eigenvalue weighted by Gasteiger charge is 2.09. The first-order valence-corrected chi connectivity index (χ1v) is 24.9. The average molecular weight is 836 g/mol. The Morgan fingerprint density at radius 3 is 0.912 bits per heavy atom. The van der Waals surface area contributed by atoms with E-state index in [2.05, 4.69) is 62.2 Å². The summed E-state index contributed by atoms with van der Waals surface area (Å²) in [6, 6.07) is 0. The lowest BCUT2D eigenvalue weighted by atomic mass is 9.89. The van der Waals surface area contributed by atoms with Gasteiger partial charge in [-0.25, -0.2) is 0 Å². The molecule has 0 bridgehead atoms. The summed E-state index contributed by atoms with van der Waals surface area (Å²) < 4.78 is 0. The molecule has 0 saturated carbocycles. The molecular weight excluding hydrogens is 727 g/mol. The van der Waals surface area contributed by atoms with Crippen molar-refractivity contribution < 1.29 is 19.8 Å². The number of nitrogens with one attached hydrogen (secondary N) is 2. The van der Waals surface area contributed by atoms with Crippen LogP contribution in [-0.4, -0.2) is 63.3 Å². The molecule has 0 aromatic rings. The maximum absolute atomic E-state index is 8.36. The molecule has 0 aromatic heterocycles. The second-order valence-electron chi connectivity index (χ2n) is 15.2. The topological polar surface area (TPSA) is 125 Å². The molecule has 0 saturated heterocycles. The second-order valence-corrected chi connectivity index (χ2v) is 15.2. The molecule has 0 fully saturated rings. The van der Waals surface area contributed by atoms with Crippen molar-refractivity contribution in [2.75, 3.05) is 34.2 Å². The molecule has 0 heterocycles. The van der Waals surface area contributed by atoms with Crippen LogP contribution in [0.2, 0.25) is 0 Å². The minimum Gasteiger partial charge on any atom is -0.483 e. The van der Waals surface area contributed by atoms with E-state index >= 15 is 0 Å². The van der Waals surface area contributed by atoms with Crippen molar-refractivity contribution in [3.8, 4) is 0 Å². The molecule has 350 valence electrons. The summed E-state index contributed by atoms with van der Waals surface area (Å²) >= 11 is 3.83. The molecule has 7 nitrogen and oxygen atoms in total. The Balaban J connectivity index is -0.000000290. The first kappa shape index (κ1) is 70.5. The number of nitrogens with two attached hydrogens (primary N) is 1. The molecule has 57 heavy (non-hydrogen) atoms. The summed E-state index contributed by atoms with van der Waals surface area (Å²) in [7, 11) is 5.25. The van der Waals surface area contributed by atoms with Crippen molar-refractivity contribution in [2.45, 2.75) is 253 Å². The lowest BCUT2D eigenvalue weighted by molar-refractivity contribution is -0.123. The third kappa shape index (κ3) is 91.8. The highest BCUT2D eigenvalue weighted by Crippen LogP contribution is 2.25. The molecule has 0 aliphatic carbocycles. The molecule has 0 amide bonds. The Morgan fingerprint density at radius 2 is 0.667 bits per heavy atom. The number of rotatable bonds is 37. The van der Waals surface area contributed by atoms with Gasteiger partial charge in [0.25, 0.3) is 12.9 Å². The summed E-state index contributed by atoms with van der Waals surface area (Å²) in [5.41, 5.74) is 4.50. The van der Waals surface area contributed by atoms with Crippen LogP contribution in [0.15, 0.2) is 0 Å². The van der Waals surface area contributed by atoms with Gasteiger partial charge in [-0.05, 0) is 64.8 Å². The fourth-order valence-corrected chi connectivity index (χ4v) is 6.89. The molecule has 6 N–H and O–H groups in total. The number of carboxylic acid groups (broad SMARTS) is 2. The van der Waals surface area contributed by atoms with Gasteiger partial charge >= 0.3 is 0 Å². The Labute approximate surface area is 365 Å². The van der Waals surface area contributed by atoms with E-state index in [1.807, 2.05) is 27.9 Å². The second kappa shape index (κ2) is 82.8. The summed E-state index contributed by atoms with van der Waals surface area (Å²) in [5.74, 6) is 4.82. The van der Waals surface area contributed by atoms with Gasteiger partial charge in [0.1, 0.15) is 0 Å². The molecule has 0 aliphatic rings. The maximum atomic E-state index is 8.36. The van der Waals surface area contributed by atoms with Crippen LogP contribution in [0.1, 0.15) is 253 Å². The van der Waals surface area contributed by atoms with Gasteiger partial charge in [0.15, 0.2) is 0 Å². The molecule has 0 spiro atoms. The van der Waals surface area contributed by atoms with Crippen molar-refractivity contribution in [3.05, 3.63) is 0 Å². The number of unbranched alkanes of at least 4 members (excludes halogenated alkanes) is 23. The van der Waals surface area contributed by atoms with Gasteiger partial charge in [-0.1, -0.05) is 253 Å². The zero-order valence-corrected chi connectivity index (χ0v) is 41.3. The van der Waals surface area contributed by atoms with Crippen LogP contribution in [0.4, 0.5) is 0 Å². The average Bonchev–Trinajstić information content (AvgIpc) is 3.23. The van der Waals surface area contributed by atoms with Gasteiger partial charge in [-0.15, -0.1) is 0 Å². The Morgan fingerprint density at radius 1 is 0.474 bits per heavy atom. The minimum atomic E-state index is -0.250. The van der Waals surface area contributed by atoms with Crippen LogP contribution in [0.5, 0.6) is 0 Å². The third-order valence-corrected chi connectivity index (χ3v) is 10.00. The van der Waals surface area contributed by atoms with Crippen molar-refractivity contribution in [1.82, 2.24) is 10.6 Å². The van der Waals surface area contributed by atoms with Gasteiger partial charge in [-0.3, -0.25) is 9.59 Å². The molecule has 0 aromatic carbocycles. The fraction of sp³-hybridized carbons (Fsp3) is 0.939. The lowest BCUT2D eigenvalue weighted by Crippen LogP contribution is -2.16. The molecule has 0 radical (unpaired) electrons. The standard InChI is InChI=1S/C41H85N.C2H7N.C2H6.CH5N.2CH2O2.CH2S/c1-5-8-11-14-21-28-35-41(36-29-22-15-12-9-6-2)37-30-23-18-25-32-39-42-38-31-24-17-16-20-27-34-40(4)33-26-19-13-10-7-3;1-3-2;2*1-2;2*2-1-3;1-2/h40-42H,5-39H2,1-4H3;3H,1-2H3;1-2H3;2H2,1H3;2*1H,(H,2,3);1H2. The predicted octanol–water partition coefficient (Wildman–Crippen LogP) is 15.2. The van der Waals surface area contributed by atoms with E-state index in [4.69, 9.17) is 19.8 Å². The normalized spacial score (nSPS) is 10.2. The van der Waals surface area contributed by atoms with Crippen LogP contribution in [0, 0.1) is 11.8 Å². The van der Waals surface area contributed by atoms with Gasteiger partial charge < -0.3 is 26.6 Å². The zero-order valence-electron chi connectivity index (χ0n) is 40.5. The smallest absolute Gasteiger partial charge is 0.290 e. The van der Waals surface area contributed by atoms with Gasteiger partial charge in [-0.2, -0.15) is 0 Å². The lowest BCUT2D eigenvalue weighted by Gasteiger charge is -2.17. The molecule has 0 aliphatic heterocycles. The largest absolute Gasteiger partial charge is 0.483 e. The van der Waals surface area contributed by atoms with Crippen molar-refractivity contribution >= 4 is 31.0 Å². The Kier molecular flexibility index (Phi) is 102. The number of hydrogen-bond acceptors (Lipinski definition) is 6. The summed E-state index contributed by atoms with van der Waals surface area (Å²) in [5, 5.41) is 20.3. The summed E-state index contributed by atoms with van der Waals surface area (Å²) in [6.45, 7) is 15.4. The maximum Gasteiger partial charge on any atom is 0.290 e. The van der Waals surface area contributed by atoms with Crippen molar-refractivity contribution in [1.29, 1.82) is 0 Å². The van der Waals surface area contributed by atoms with E-state index in [1.54, 1.807) is 0 Å². The zero-order chi connectivity index (χ0) is 44.7. The van der Waals surface area contributed by atoms with E-state index in [-0.39, 0.29) is 12.9 Å². The SMILES string of the molecule is C=S.CC.CCCCCCCCC(CCCCCCCC)CCCCCCCNCCCCCCCCC(C)CCCCCCC.CN.CNC.O=CO.O=CO. The number of thiocarbonyl (C=S) groups is 1. The van der Waals surface area contributed by atoms with E-state index < -0.39 is 0 Å². The van der Waals surface area contributed by atoms with Gasteiger partial charge in [0.2, 0.25) is 0 Å². The third-order valence-electron chi connectivity index (χ3n) is 10.00.